The molecule has 1 aliphatic carbocycles. The van der Waals surface area contributed by atoms with Crippen LogP contribution in [-0.4, -0.2) is 57.8 Å². The van der Waals surface area contributed by atoms with E-state index in [1.807, 2.05) is 36.4 Å². The number of nitrogens with zero attached hydrogens (tertiary/aromatic N) is 3. The SMILES string of the molecule is O=C(Nc1nc2c(C(=O)NCC3CCN(CC4CCCCC4)CC3)cccc2[nH]1)c1cc2ccccc2cn1. The molecule has 2 aromatic heterocycles. The third-order valence-corrected chi connectivity index (χ3v) is 8.35. The summed E-state index contributed by atoms with van der Waals surface area (Å²) in [6.07, 6.45) is 10.9. The molecule has 0 atom stereocenters. The van der Waals surface area contributed by atoms with Gasteiger partial charge in [-0.3, -0.25) is 19.9 Å². The van der Waals surface area contributed by atoms with Crippen LogP contribution in [0.15, 0.2) is 54.7 Å². The van der Waals surface area contributed by atoms with Crippen molar-refractivity contribution in [2.24, 2.45) is 11.8 Å². The largest absolute Gasteiger partial charge is 0.352 e. The van der Waals surface area contributed by atoms with Crippen LogP contribution >= 0.6 is 0 Å². The predicted molar refractivity (Wildman–Crippen MR) is 154 cm³/mol. The maximum Gasteiger partial charge on any atom is 0.276 e. The van der Waals surface area contributed by atoms with Gasteiger partial charge >= 0.3 is 0 Å². The molecule has 0 bridgehead atoms. The maximum absolute atomic E-state index is 13.1. The first-order valence-electron chi connectivity index (χ1n) is 14.3. The first kappa shape index (κ1) is 25.5. The number of aromatic nitrogens is 3. The third-order valence-electron chi connectivity index (χ3n) is 8.35. The number of imidazole rings is 1. The van der Waals surface area contributed by atoms with Gasteiger partial charge in [0, 0.05) is 24.7 Å². The van der Waals surface area contributed by atoms with E-state index in [2.05, 4.69) is 30.5 Å². The van der Waals surface area contributed by atoms with Crippen LogP contribution in [0.4, 0.5) is 5.95 Å². The van der Waals surface area contributed by atoms with Gasteiger partial charge in [-0.2, -0.15) is 0 Å². The number of benzene rings is 2. The predicted octanol–water partition coefficient (Wildman–Crippen LogP) is 5.39. The second-order valence-corrected chi connectivity index (χ2v) is 11.1. The van der Waals surface area contributed by atoms with Gasteiger partial charge in [-0.15, -0.1) is 0 Å². The number of likely N-dealkylation sites (tertiary alicyclic amines) is 1. The number of aromatic amines is 1. The lowest BCUT2D eigenvalue weighted by atomic mass is 9.88. The molecule has 2 amide bonds. The van der Waals surface area contributed by atoms with Crippen LogP contribution in [0, 0.1) is 11.8 Å². The smallest absolute Gasteiger partial charge is 0.276 e. The van der Waals surface area contributed by atoms with Crippen molar-refractivity contribution in [2.45, 2.75) is 44.9 Å². The molecule has 2 aromatic carbocycles. The summed E-state index contributed by atoms with van der Waals surface area (Å²) < 4.78 is 0. The zero-order chi connectivity index (χ0) is 26.6. The Balaban J connectivity index is 1.05. The van der Waals surface area contributed by atoms with Crippen LogP contribution < -0.4 is 10.6 Å². The Hall–Kier alpha value is -3.78. The second-order valence-electron chi connectivity index (χ2n) is 11.1. The Morgan fingerprint density at radius 2 is 1.69 bits per heavy atom. The van der Waals surface area contributed by atoms with Crippen molar-refractivity contribution in [2.75, 3.05) is 31.5 Å². The first-order valence-corrected chi connectivity index (χ1v) is 14.3. The van der Waals surface area contributed by atoms with Gasteiger partial charge in [-0.05, 0) is 74.2 Å². The Morgan fingerprint density at radius 1 is 0.897 bits per heavy atom. The summed E-state index contributed by atoms with van der Waals surface area (Å²) in [4.78, 5) is 40.5. The van der Waals surface area contributed by atoms with Crippen LogP contribution in [0.2, 0.25) is 0 Å². The van der Waals surface area contributed by atoms with Crippen molar-refractivity contribution < 1.29 is 9.59 Å². The minimum absolute atomic E-state index is 0.134. The van der Waals surface area contributed by atoms with Crippen LogP contribution in [0.3, 0.4) is 0 Å². The fourth-order valence-electron chi connectivity index (χ4n) is 6.09. The van der Waals surface area contributed by atoms with Gasteiger partial charge in [0.2, 0.25) is 5.95 Å². The number of pyridine rings is 1. The average molecular weight is 525 g/mol. The van der Waals surface area contributed by atoms with E-state index in [1.165, 1.54) is 38.6 Å². The average Bonchev–Trinajstić information content (AvgIpc) is 3.39. The summed E-state index contributed by atoms with van der Waals surface area (Å²) in [5, 5.41) is 7.84. The third kappa shape index (κ3) is 5.96. The van der Waals surface area contributed by atoms with Crippen molar-refractivity contribution in [3.8, 4) is 0 Å². The van der Waals surface area contributed by atoms with Crippen molar-refractivity contribution in [1.29, 1.82) is 0 Å². The van der Waals surface area contributed by atoms with Crippen LogP contribution in [-0.2, 0) is 0 Å². The molecule has 0 radical (unpaired) electrons. The van der Waals surface area contributed by atoms with Gasteiger partial charge in [0.15, 0.2) is 0 Å². The zero-order valence-electron chi connectivity index (χ0n) is 22.3. The van der Waals surface area contributed by atoms with E-state index < -0.39 is 0 Å². The molecule has 2 fully saturated rings. The highest BCUT2D eigenvalue weighted by molar-refractivity contribution is 6.07. The number of H-pyrrole nitrogens is 1. The summed E-state index contributed by atoms with van der Waals surface area (Å²) in [6, 6.07) is 15.0. The fraction of sp³-hybridized carbons (Fsp3) is 0.419. The van der Waals surface area contributed by atoms with Crippen LogP contribution in [0.5, 0.6) is 0 Å². The minimum Gasteiger partial charge on any atom is -0.352 e. The highest BCUT2D eigenvalue weighted by Gasteiger charge is 2.24. The number of fused-ring (bicyclic) bond motifs is 2. The Morgan fingerprint density at radius 3 is 2.51 bits per heavy atom. The van der Waals surface area contributed by atoms with Gasteiger partial charge in [-0.25, -0.2) is 4.98 Å². The van der Waals surface area contributed by atoms with Crippen molar-refractivity contribution in [3.63, 3.8) is 0 Å². The van der Waals surface area contributed by atoms with Gasteiger partial charge in [0.25, 0.3) is 11.8 Å². The quantitative estimate of drug-likeness (QED) is 0.301. The molecule has 1 saturated carbocycles. The minimum atomic E-state index is -0.361. The summed E-state index contributed by atoms with van der Waals surface area (Å²) in [6.45, 7) is 4.17. The van der Waals surface area contributed by atoms with Crippen LogP contribution in [0.25, 0.3) is 21.8 Å². The number of piperidine rings is 1. The second kappa shape index (κ2) is 11.5. The summed E-state index contributed by atoms with van der Waals surface area (Å²) >= 11 is 0. The summed E-state index contributed by atoms with van der Waals surface area (Å²) in [5.74, 6) is 1.17. The molecule has 0 spiro atoms. The lowest BCUT2D eigenvalue weighted by molar-refractivity contribution is 0.0932. The normalized spacial score (nSPS) is 17.4. The number of hydrogen-bond donors (Lipinski definition) is 3. The van der Waals surface area contributed by atoms with Crippen LogP contribution in [0.1, 0.15) is 65.8 Å². The van der Waals surface area contributed by atoms with Gasteiger partial charge in [-0.1, -0.05) is 49.6 Å². The number of anilines is 1. The standard InChI is InChI=1S/C31H36N6O2/c38-29(33-18-21-13-15-37(16-14-21)20-22-7-2-1-3-8-22)25-11-6-12-26-28(25)35-31(34-26)36-30(39)27-17-23-9-4-5-10-24(23)19-32-27/h4-6,9-12,17,19,21-22H,1-3,7-8,13-16,18,20H2,(H,33,38)(H2,34,35,36,39). The lowest BCUT2D eigenvalue weighted by Gasteiger charge is -2.35. The number of carbonyl (C=O) groups excluding carboxylic acids is 2. The van der Waals surface area contributed by atoms with Gasteiger partial charge < -0.3 is 15.2 Å². The molecule has 2 aliphatic rings. The van der Waals surface area contributed by atoms with E-state index in [-0.39, 0.29) is 17.8 Å². The molecule has 1 aliphatic heterocycles. The van der Waals surface area contributed by atoms with E-state index in [0.717, 1.165) is 42.6 Å². The van der Waals surface area contributed by atoms with Gasteiger partial charge in [0.1, 0.15) is 11.2 Å². The molecular formula is C31H36N6O2. The molecule has 6 rings (SSSR count). The topological polar surface area (TPSA) is 103 Å². The molecule has 202 valence electrons. The Kier molecular flexibility index (Phi) is 7.54. The van der Waals surface area contributed by atoms with Crippen molar-refractivity contribution >= 4 is 39.6 Å². The highest BCUT2D eigenvalue weighted by atomic mass is 16.2. The van der Waals surface area contributed by atoms with Crippen molar-refractivity contribution in [3.05, 3.63) is 66.0 Å². The zero-order valence-corrected chi connectivity index (χ0v) is 22.3. The number of rotatable bonds is 7. The number of hydrogen-bond acceptors (Lipinski definition) is 5. The molecular weight excluding hydrogens is 488 g/mol. The molecule has 1 saturated heterocycles. The Bertz CT molecular complexity index is 1470. The number of carbonyl (C=O) groups is 2. The molecule has 3 N–H and O–H groups in total. The maximum atomic E-state index is 13.1. The van der Waals surface area contributed by atoms with Crippen molar-refractivity contribution in [1.82, 2.24) is 25.2 Å². The Labute approximate surface area is 228 Å². The molecule has 0 unspecified atom stereocenters. The monoisotopic (exact) mass is 524 g/mol. The molecule has 39 heavy (non-hydrogen) atoms. The molecule has 3 heterocycles. The highest BCUT2D eigenvalue weighted by Crippen LogP contribution is 2.26. The summed E-state index contributed by atoms with van der Waals surface area (Å²) in [5.41, 5.74) is 2.04. The molecule has 4 aromatic rings. The first-order chi connectivity index (χ1) is 19.1. The summed E-state index contributed by atoms with van der Waals surface area (Å²) in [7, 11) is 0. The van der Waals surface area contributed by atoms with E-state index in [4.69, 9.17) is 0 Å². The van der Waals surface area contributed by atoms with E-state index in [0.29, 0.717) is 34.8 Å². The fourth-order valence-corrected chi connectivity index (χ4v) is 6.09. The molecule has 8 heteroatoms. The number of para-hydroxylation sites is 1. The van der Waals surface area contributed by atoms with E-state index in [9.17, 15) is 9.59 Å². The van der Waals surface area contributed by atoms with E-state index in [1.54, 1.807) is 18.3 Å². The number of nitrogens with one attached hydrogen (secondary N) is 3. The van der Waals surface area contributed by atoms with Gasteiger partial charge in [0.05, 0.1) is 11.1 Å². The molecule has 8 nitrogen and oxygen atoms in total. The van der Waals surface area contributed by atoms with E-state index >= 15 is 0 Å². The lowest BCUT2D eigenvalue weighted by Crippen LogP contribution is -2.40. The number of amides is 2.